The average molecular weight is 303 g/mol. The van der Waals surface area contributed by atoms with Crippen molar-refractivity contribution in [3.8, 4) is 0 Å². The molecule has 1 aromatic heterocycles. The minimum absolute atomic E-state index is 0.0310. The van der Waals surface area contributed by atoms with Gasteiger partial charge in [0.25, 0.3) is 5.91 Å². The molecule has 0 N–H and O–H groups in total. The molecule has 1 aliphatic heterocycles. The molecule has 0 unspecified atom stereocenters. The van der Waals surface area contributed by atoms with Gasteiger partial charge in [-0.2, -0.15) is 11.3 Å². The number of carbonyl (C=O) groups excluding carboxylic acids is 1. The summed E-state index contributed by atoms with van der Waals surface area (Å²) in [5.74, 6) is 0.0310. The van der Waals surface area contributed by atoms with E-state index < -0.39 is 0 Å². The predicted molar refractivity (Wildman–Crippen MR) is 92.2 cm³/mol. The lowest BCUT2D eigenvalue weighted by molar-refractivity contribution is -0.112. The number of anilines is 2. The highest BCUT2D eigenvalue weighted by Gasteiger charge is 2.33. The number of rotatable bonds is 2. The fourth-order valence-electron chi connectivity index (χ4n) is 2.74. The minimum atomic E-state index is 0.0310. The third kappa shape index (κ3) is 2.07. The molecule has 2 nitrogen and oxygen atoms in total. The highest BCUT2D eigenvalue weighted by molar-refractivity contribution is 7.08. The highest BCUT2D eigenvalue weighted by atomic mass is 32.1. The smallest absolute Gasteiger partial charge is 0.263 e. The van der Waals surface area contributed by atoms with E-state index in [1.165, 1.54) is 0 Å². The van der Waals surface area contributed by atoms with Gasteiger partial charge in [-0.3, -0.25) is 9.69 Å². The van der Waals surface area contributed by atoms with Gasteiger partial charge in [-0.05, 0) is 29.2 Å². The number of benzene rings is 2. The summed E-state index contributed by atoms with van der Waals surface area (Å²) in [4.78, 5) is 14.7. The van der Waals surface area contributed by atoms with E-state index in [9.17, 15) is 4.79 Å². The van der Waals surface area contributed by atoms with Gasteiger partial charge in [-0.25, -0.2) is 0 Å². The van der Waals surface area contributed by atoms with Crippen LogP contribution in [0.2, 0.25) is 0 Å². The van der Waals surface area contributed by atoms with Crippen LogP contribution in [0.5, 0.6) is 0 Å². The van der Waals surface area contributed by atoms with Crippen LogP contribution in [0.3, 0.4) is 0 Å². The zero-order chi connectivity index (χ0) is 14.9. The zero-order valence-electron chi connectivity index (χ0n) is 11.8. The van der Waals surface area contributed by atoms with Crippen LogP contribution in [-0.2, 0) is 4.79 Å². The Labute approximate surface area is 133 Å². The SMILES string of the molecule is O=C1/C(=C\c2ccccc2)c2ccccc2N1c1ccsc1. The molecule has 2 heterocycles. The average Bonchev–Trinajstić information content (AvgIpc) is 3.16. The van der Waals surface area contributed by atoms with E-state index in [0.29, 0.717) is 0 Å². The van der Waals surface area contributed by atoms with E-state index in [-0.39, 0.29) is 5.91 Å². The van der Waals surface area contributed by atoms with Crippen molar-refractivity contribution in [3.05, 3.63) is 82.6 Å². The molecule has 4 rings (SSSR count). The summed E-state index contributed by atoms with van der Waals surface area (Å²) in [6.07, 6.45) is 1.97. The van der Waals surface area contributed by atoms with Crippen molar-refractivity contribution in [1.29, 1.82) is 0 Å². The summed E-state index contributed by atoms with van der Waals surface area (Å²) >= 11 is 1.59. The van der Waals surface area contributed by atoms with Crippen LogP contribution in [0, 0.1) is 0 Å². The summed E-state index contributed by atoms with van der Waals surface area (Å²) in [7, 11) is 0. The number of nitrogens with zero attached hydrogens (tertiary/aromatic N) is 1. The molecular weight excluding hydrogens is 290 g/mol. The second-order valence-corrected chi connectivity index (χ2v) is 5.89. The van der Waals surface area contributed by atoms with Crippen molar-refractivity contribution in [3.63, 3.8) is 0 Å². The maximum Gasteiger partial charge on any atom is 0.263 e. The van der Waals surface area contributed by atoms with Crippen molar-refractivity contribution in [2.75, 3.05) is 4.90 Å². The Hall–Kier alpha value is -2.65. The van der Waals surface area contributed by atoms with E-state index >= 15 is 0 Å². The number of hydrogen-bond donors (Lipinski definition) is 0. The number of amides is 1. The topological polar surface area (TPSA) is 20.3 Å². The van der Waals surface area contributed by atoms with Gasteiger partial charge in [0.2, 0.25) is 0 Å². The second kappa shape index (κ2) is 5.28. The van der Waals surface area contributed by atoms with Gasteiger partial charge in [0.05, 0.1) is 16.9 Å². The third-order valence-electron chi connectivity index (χ3n) is 3.74. The third-order valence-corrected chi connectivity index (χ3v) is 4.41. The second-order valence-electron chi connectivity index (χ2n) is 5.11. The van der Waals surface area contributed by atoms with E-state index in [4.69, 9.17) is 0 Å². The van der Waals surface area contributed by atoms with Crippen LogP contribution in [0.15, 0.2) is 71.4 Å². The normalized spacial score (nSPS) is 15.4. The Kier molecular flexibility index (Phi) is 3.13. The quantitative estimate of drug-likeness (QED) is 0.612. The summed E-state index contributed by atoms with van der Waals surface area (Å²) < 4.78 is 0. The Bertz CT molecular complexity index is 850. The standard InChI is InChI=1S/C19H13NOS/c21-19-17(12-14-6-2-1-3-7-14)16-8-4-5-9-18(16)20(19)15-10-11-22-13-15/h1-13H/b17-12-. The molecule has 0 radical (unpaired) electrons. The lowest BCUT2D eigenvalue weighted by atomic mass is 10.0. The molecule has 1 aliphatic rings. The maximum absolute atomic E-state index is 12.9. The van der Waals surface area contributed by atoms with Crippen LogP contribution in [0.1, 0.15) is 11.1 Å². The van der Waals surface area contributed by atoms with Crippen LogP contribution >= 0.6 is 11.3 Å². The first-order valence-corrected chi connectivity index (χ1v) is 8.02. The Morgan fingerprint density at radius 1 is 0.909 bits per heavy atom. The molecule has 2 aromatic carbocycles. The number of carbonyl (C=O) groups is 1. The number of para-hydroxylation sites is 1. The van der Waals surface area contributed by atoms with Crippen molar-refractivity contribution >= 4 is 40.3 Å². The summed E-state index contributed by atoms with van der Waals surface area (Å²) in [5.41, 5.74) is 4.65. The van der Waals surface area contributed by atoms with Crippen LogP contribution in [0.4, 0.5) is 11.4 Å². The van der Waals surface area contributed by atoms with Gasteiger partial charge in [-0.15, -0.1) is 0 Å². The Morgan fingerprint density at radius 3 is 2.45 bits per heavy atom. The Balaban J connectivity index is 1.88. The maximum atomic E-state index is 12.9. The van der Waals surface area contributed by atoms with Crippen LogP contribution < -0.4 is 4.90 Å². The van der Waals surface area contributed by atoms with Gasteiger partial charge >= 0.3 is 0 Å². The van der Waals surface area contributed by atoms with Crippen molar-refractivity contribution in [1.82, 2.24) is 0 Å². The molecule has 22 heavy (non-hydrogen) atoms. The lowest BCUT2D eigenvalue weighted by Crippen LogP contribution is -2.19. The number of hydrogen-bond acceptors (Lipinski definition) is 2. The summed E-state index contributed by atoms with van der Waals surface area (Å²) in [6, 6.07) is 19.9. The molecule has 0 spiro atoms. The molecule has 0 bridgehead atoms. The summed E-state index contributed by atoms with van der Waals surface area (Å²) in [5, 5.41) is 3.99. The van der Waals surface area contributed by atoms with Crippen LogP contribution in [0.25, 0.3) is 11.6 Å². The largest absolute Gasteiger partial charge is 0.276 e. The lowest BCUT2D eigenvalue weighted by Gasteiger charge is -2.14. The molecule has 0 aliphatic carbocycles. The minimum Gasteiger partial charge on any atom is -0.276 e. The van der Waals surface area contributed by atoms with Crippen molar-refractivity contribution in [2.45, 2.75) is 0 Å². The molecule has 0 atom stereocenters. The van der Waals surface area contributed by atoms with E-state index in [2.05, 4.69) is 0 Å². The van der Waals surface area contributed by atoms with Gasteiger partial charge < -0.3 is 0 Å². The van der Waals surface area contributed by atoms with Gasteiger partial charge in [0, 0.05) is 10.9 Å². The monoisotopic (exact) mass is 303 g/mol. The molecule has 0 fully saturated rings. The van der Waals surface area contributed by atoms with Crippen molar-refractivity contribution in [2.24, 2.45) is 0 Å². The number of fused-ring (bicyclic) bond motifs is 1. The molecule has 0 saturated heterocycles. The zero-order valence-corrected chi connectivity index (χ0v) is 12.6. The fourth-order valence-corrected chi connectivity index (χ4v) is 3.36. The molecule has 3 heteroatoms. The predicted octanol–water partition coefficient (Wildman–Crippen LogP) is 4.97. The first-order chi connectivity index (χ1) is 10.8. The molecule has 1 amide bonds. The summed E-state index contributed by atoms with van der Waals surface area (Å²) in [6.45, 7) is 0. The van der Waals surface area contributed by atoms with E-state index in [1.807, 2.05) is 77.5 Å². The van der Waals surface area contributed by atoms with E-state index in [1.54, 1.807) is 16.2 Å². The molecule has 0 saturated carbocycles. The first-order valence-electron chi connectivity index (χ1n) is 7.07. The van der Waals surface area contributed by atoms with Crippen molar-refractivity contribution < 1.29 is 4.79 Å². The van der Waals surface area contributed by atoms with Gasteiger partial charge in [0.15, 0.2) is 0 Å². The molecule has 106 valence electrons. The van der Waals surface area contributed by atoms with Gasteiger partial charge in [-0.1, -0.05) is 48.5 Å². The first kappa shape index (κ1) is 13.0. The molecular formula is C19H13NOS. The highest BCUT2D eigenvalue weighted by Crippen LogP contribution is 2.42. The van der Waals surface area contributed by atoms with E-state index in [0.717, 1.165) is 28.1 Å². The van der Waals surface area contributed by atoms with Gasteiger partial charge in [0.1, 0.15) is 0 Å². The fraction of sp³-hybridized carbons (Fsp3) is 0. The van der Waals surface area contributed by atoms with Crippen LogP contribution in [-0.4, -0.2) is 5.91 Å². The Morgan fingerprint density at radius 2 is 1.68 bits per heavy atom. The molecule has 3 aromatic rings. The number of thiophene rings is 1.